The van der Waals surface area contributed by atoms with Crippen molar-refractivity contribution in [3.63, 3.8) is 0 Å². The lowest BCUT2D eigenvalue weighted by Crippen LogP contribution is -2.41. The molecule has 0 radical (unpaired) electrons. The number of rotatable bonds is 4. The van der Waals surface area contributed by atoms with Crippen LogP contribution in [-0.4, -0.2) is 16.4 Å². The summed E-state index contributed by atoms with van der Waals surface area (Å²) in [7, 11) is 1.83. The van der Waals surface area contributed by atoms with E-state index >= 15 is 0 Å². The Morgan fingerprint density at radius 3 is 2.58 bits per heavy atom. The van der Waals surface area contributed by atoms with E-state index in [4.69, 9.17) is 0 Å². The van der Waals surface area contributed by atoms with Gasteiger partial charge in [0.15, 0.2) is 11.6 Å². The zero-order valence-corrected chi connectivity index (χ0v) is 14.1. The molecule has 2 N–H and O–H groups in total. The van der Waals surface area contributed by atoms with Gasteiger partial charge in [-0.3, -0.25) is 20.4 Å². The van der Waals surface area contributed by atoms with Crippen molar-refractivity contribution < 1.29 is 18.4 Å². The molecular weight excluding hydrogens is 340 g/mol. The first kappa shape index (κ1) is 17.6. The summed E-state index contributed by atoms with van der Waals surface area (Å²) in [6.45, 7) is 0. The number of carbonyl (C=O) groups is 2. The van der Waals surface area contributed by atoms with Gasteiger partial charge in [-0.1, -0.05) is 24.3 Å². The number of carbonyl (C=O) groups excluding carboxylic acids is 2. The SMILES string of the molecule is Cn1cc(C(=O)NNC(=O)CCc2ccc(F)c(F)c2)c2ccccc21. The Hall–Kier alpha value is -3.22. The molecule has 7 heteroatoms. The van der Waals surface area contributed by atoms with Gasteiger partial charge in [0.05, 0.1) is 5.56 Å². The molecule has 2 amide bonds. The molecule has 1 aromatic heterocycles. The third-order valence-corrected chi connectivity index (χ3v) is 4.08. The van der Waals surface area contributed by atoms with Gasteiger partial charge in [0.1, 0.15) is 0 Å². The maximum absolute atomic E-state index is 13.1. The average Bonchev–Trinajstić information content (AvgIpc) is 2.98. The number of aromatic nitrogens is 1. The van der Waals surface area contributed by atoms with Crippen LogP contribution in [0.25, 0.3) is 10.9 Å². The molecule has 0 aliphatic rings. The number of hydrazine groups is 1. The highest BCUT2D eigenvalue weighted by Crippen LogP contribution is 2.19. The Labute approximate surface area is 148 Å². The van der Waals surface area contributed by atoms with E-state index in [9.17, 15) is 18.4 Å². The second-order valence-electron chi connectivity index (χ2n) is 5.92. The second-order valence-corrected chi connectivity index (χ2v) is 5.92. The molecule has 3 aromatic rings. The van der Waals surface area contributed by atoms with E-state index < -0.39 is 23.4 Å². The number of fused-ring (bicyclic) bond motifs is 1. The van der Waals surface area contributed by atoms with E-state index in [-0.39, 0.29) is 12.8 Å². The van der Waals surface area contributed by atoms with E-state index in [1.54, 1.807) is 6.20 Å². The largest absolute Gasteiger partial charge is 0.350 e. The minimum absolute atomic E-state index is 0.0287. The molecule has 0 bridgehead atoms. The van der Waals surface area contributed by atoms with Crippen LogP contribution in [0.1, 0.15) is 22.3 Å². The number of aryl methyl sites for hydroxylation is 2. The number of benzene rings is 2. The van der Waals surface area contributed by atoms with Crippen molar-refractivity contribution in [3.8, 4) is 0 Å². The van der Waals surface area contributed by atoms with Gasteiger partial charge in [0.25, 0.3) is 5.91 Å². The number of hydrogen-bond acceptors (Lipinski definition) is 2. The van der Waals surface area contributed by atoms with Crippen LogP contribution in [0.5, 0.6) is 0 Å². The summed E-state index contributed by atoms with van der Waals surface area (Å²) in [5, 5.41) is 0.781. The van der Waals surface area contributed by atoms with Gasteiger partial charge >= 0.3 is 0 Å². The number of halogens is 2. The lowest BCUT2D eigenvalue weighted by molar-refractivity contribution is -0.121. The van der Waals surface area contributed by atoms with Crippen molar-refractivity contribution in [1.82, 2.24) is 15.4 Å². The molecule has 2 aromatic carbocycles. The highest BCUT2D eigenvalue weighted by atomic mass is 19.2. The Morgan fingerprint density at radius 1 is 1.04 bits per heavy atom. The first-order valence-electron chi connectivity index (χ1n) is 8.03. The van der Waals surface area contributed by atoms with E-state index in [0.717, 1.165) is 23.0 Å². The van der Waals surface area contributed by atoms with Gasteiger partial charge < -0.3 is 4.57 Å². The molecule has 0 unspecified atom stereocenters. The van der Waals surface area contributed by atoms with Gasteiger partial charge in [-0.15, -0.1) is 0 Å². The van der Waals surface area contributed by atoms with Crippen LogP contribution in [-0.2, 0) is 18.3 Å². The monoisotopic (exact) mass is 357 g/mol. The summed E-state index contributed by atoms with van der Waals surface area (Å²) in [5.41, 5.74) is 6.56. The van der Waals surface area contributed by atoms with Crippen molar-refractivity contribution in [1.29, 1.82) is 0 Å². The summed E-state index contributed by atoms with van der Waals surface area (Å²) in [6, 6.07) is 10.9. The fraction of sp³-hybridized carbons (Fsp3) is 0.158. The van der Waals surface area contributed by atoms with E-state index in [1.165, 1.54) is 6.07 Å². The van der Waals surface area contributed by atoms with Crippen molar-refractivity contribution in [2.75, 3.05) is 0 Å². The second kappa shape index (κ2) is 7.35. The highest BCUT2D eigenvalue weighted by molar-refractivity contribution is 6.07. The van der Waals surface area contributed by atoms with Crippen LogP contribution in [0.4, 0.5) is 8.78 Å². The van der Waals surface area contributed by atoms with Crippen LogP contribution < -0.4 is 10.9 Å². The zero-order chi connectivity index (χ0) is 18.7. The molecule has 134 valence electrons. The molecule has 0 atom stereocenters. The van der Waals surface area contributed by atoms with E-state index in [1.807, 2.05) is 35.9 Å². The van der Waals surface area contributed by atoms with Gasteiger partial charge in [0, 0.05) is 30.6 Å². The Bertz CT molecular complexity index is 982. The molecule has 3 rings (SSSR count). The topological polar surface area (TPSA) is 63.1 Å². The predicted octanol–water partition coefficient (Wildman–Crippen LogP) is 2.85. The fourth-order valence-corrected chi connectivity index (χ4v) is 2.73. The van der Waals surface area contributed by atoms with Crippen molar-refractivity contribution in [2.45, 2.75) is 12.8 Å². The van der Waals surface area contributed by atoms with Crippen LogP contribution in [0.2, 0.25) is 0 Å². The fourth-order valence-electron chi connectivity index (χ4n) is 2.73. The Kier molecular flexibility index (Phi) is 4.97. The summed E-state index contributed by atoms with van der Waals surface area (Å²) in [4.78, 5) is 24.2. The lowest BCUT2D eigenvalue weighted by Gasteiger charge is -2.07. The molecule has 26 heavy (non-hydrogen) atoms. The molecule has 0 aliphatic heterocycles. The first-order chi connectivity index (χ1) is 12.5. The summed E-state index contributed by atoms with van der Waals surface area (Å²) in [5.74, 6) is -2.74. The van der Waals surface area contributed by atoms with Crippen molar-refractivity contribution >= 4 is 22.7 Å². The summed E-state index contributed by atoms with van der Waals surface area (Å²) in [6.07, 6.45) is 1.95. The summed E-state index contributed by atoms with van der Waals surface area (Å²) >= 11 is 0. The molecule has 0 saturated heterocycles. The van der Waals surface area contributed by atoms with E-state index in [0.29, 0.717) is 11.1 Å². The third-order valence-electron chi connectivity index (χ3n) is 4.08. The molecule has 1 heterocycles. The van der Waals surface area contributed by atoms with E-state index in [2.05, 4.69) is 10.9 Å². The Balaban J connectivity index is 1.57. The van der Waals surface area contributed by atoms with Gasteiger partial charge in [-0.2, -0.15) is 0 Å². The number of nitrogens with one attached hydrogen (secondary N) is 2. The highest BCUT2D eigenvalue weighted by Gasteiger charge is 2.14. The van der Waals surface area contributed by atoms with Gasteiger partial charge in [0.2, 0.25) is 5.91 Å². The zero-order valence-electron chi connectivity index (χ0n) is 14.1. The molecular formula is C19H17F2N3O2. The maximum atomic E-state index is 13.1. The molecule has 0 spiro atoms. The lowest BCUT2D eigenvalue weighted by atomic mass is 10.1. The molecule has 0 saturated carbocycles. The molecule has 0 aliphatic carbocycles. The number of nitrogens with zero attached hydrogens (tertiary/aromatic N) is 1. The maximum Gasteiger partial charge on any atom is 0.271 e. The molecule has 0 fully saturated rings. The summed E-state index contributed by atoms with van der Waals surface area (Å²) < 4.78 is 27.8. The number of amides is 2. The number of para-hydroxylation sites is 1. The van der Waals surface area contributed by atoms with Crippen molar-refractivity contribution in [3.05, 3.63) is 71.4 Å². The van der Waals surface area contributed by atoms with Crippen LogP contribution in [0.15, 0.2) is 48.7 Å². The minimum Gasteiger partial charge on any atom is -0.350 e. The first-order valence-corrected chi connectivity index (χ1v) is 8.03. The van der Waals surface area contributed by atoms with Crippen LogP contribution in [0.3, 0.4) is 0 Å². The van der Waals surface area contributed by atoms with Crippen LogP contribution >= 0.6 is 0 Å². The molecule has 5 nitrogen and oxygen atoms in total. The Morgan fingerprint density at radius 2 is 1.81 bits per heavy atom. The quantitative estimate of drug-likeness (QED) is 0.706. The normalized spacial score (nSPS) is 10.7. The van der Waals surface area contributed by atoms with Gasteiger partial charge in [-0.05, 0) is 30.2 Å². The smallest absolute Gasteiger partial charge is 0.271 e. The van der Waals surface area contributed by atoms with Crippen molar-refractivity contribution in [2.24, 2.45) is 7.05 Å². The predicted molar refractivity (Wildman–Crippen MR) is 93.2 cm³/mol. The number of hydrogen-bond donors (Lipinski definition) is 2. The van der Waals surface area contributed by atoms with Gasteiger partial charge in [-0.25, -0.2) is 8.78 Å². The third kappa shape index (κ3) is 3.72. The average molecular weight is 357 g/mol. The van der Waals surface area contributed by atoms with Crippen LogP contribution in [0, 0.1) is 11.6 Å². The minimum atomic E-state index is -0.952. The standard InChI is InChI=1S/C19H17F2N3O2/c1-24-11-14(13-4-2-3-5-17(13)24)19(26)23-22-18(25)9-7-12-6-8-15(20)16(21)10-12/h2-6,8,10-11H,7,9H2,1H3,(H,22,25)(H,23,26).